The Morgan fingerprint density at radius 1 is 1.38 bits per heavy atom. The van der Waals surface area contributed by atoms with Crippen LogP contribution in [0.1, 0.15) is 61.0 Å². The Labute approximate surface area is 102 Å². The maximum absolute atomic E-state index is 12.0. The van der Waals surface area contributed by atoms with Gasteiger partial charge in [0.1, 0.15) is 0 Å². The summed E-state index contributed by atoms with van der Waals surface area (Å²) in [5.74, 6) is 1.03. The first-order valence-electron chi connectivity index (χ1n) is 6.10. The SMILES string of the molecule is CC(C)(C)c1ccc(C(=O)CC2CCC2)s1. The fourth-order valence-electron chi connectivity index (χ4n) is 1.95. The average Bonchev–Trinajstić information content (AvgIpc) is 2.58. The van der Waals surface area contributed by atoms with Gasteiger partial charge in [0.2, 0.25) is 0 Å². The summed E-state index contributed by atoms with van der Waals surface area (Å²) in [6.45, 7) is 6.58. The van der Waals surface area contributed by atoms with Crippen LogP contribution < -0.4 is 0 Å². The summed E-state index contributed by atoms with van der Waals surface area (Å²) < 4.78 is 0. The van der Waals surface area contributed by atoms with E-state index >= 15 is 0 Å². The molecule has 2 rings (SSSR count). The third kappa shape index (κ3) is 2.54. The van der Waals surface area contributed by atoms with E-state index in [1.807, 2.05) is 6.07 Å². The Morgan fingerprint density at radius 2 is 2.06 bits per heavy atom. The monoisotopic (exact) mass is 236 g/mol. The molecular weight excluding hydrogens is 216 g/mol. The van der Waals surface area contributed by atoms with Crippen LogP contribution in [0.25, 0.3) is 0 Å². The van der Waals surface area contributed by atoms with Gasteiger partial charge in [-0.05, 0) is 23.5 Å². The lowest BCUT2D eigenvalue weighted by Crippen LogP contribution is -2.15. The molecule has 0 aromatic carbocycles. The zero-order valence-electron chi connectivity index (χ0n) is 10.4. The quantitative estimate of drug-likeness (QED) is 0.710. The number of hydrogen-bond donors (Lipinski definition) is 0. The molecule has 0 aliphatic heterocycles. The van der Waals surface area contributed by atoms with Gasteiger partial charge in [0.05, 0.1) is 4.88 Å². The molecule has 1 aromatic heterocycles. The molecule has 88 valence electrons. The third-order valence-corrected chi connectivity index (χ3v) is 4.87. The summed E-state index contributed by atoms with van der Waals surface area (Å²) in [6.07, 6.45) is 4.59. The summed E-state index contributed by atoms with van der Waals surface area (Å²) >= 11 is 1.67. The van der Waals surface area contributed by atoms with Crippen molar-refractivity contribution in [3.8, 4) is 0 Å². The molecule has 1 aliphatic rings. The van der Waals surface area contributed by atoms with E-state index in [4.69, 9.17) is 0 Å². The highest BCUT2D eigenvalue weighted by atomic mass is 32.1. The molecule has 0 unspecified atom stereocenters. The van der Waals surface area contributed by atoms with E-state index < -0.39 is 0 Å². The Kier molecular flexibility index (Phi) is 3.20. The van der Waals surface area contributed by atoms with Gasteiger partial charge in [-0.15, -0.1) is 11.3 Å². The van der Waals surface area contributed by atoms with E-state index in [1.54, 1.807) is 11.3 Å². The molecule has 1 aliphatic carbocycles. The van der Waals surface area contributed by atoms with E-state index in [1.165, 1.54) is 24.1 Å². The van der Waals surface area contributed by atoms with Crippen LogP contribution in [0.5, 0.6) is 0 Å². The van der Waals surface area contributed by atoms with E-state index in [9.17, 15) is 4.79 Å². The van der Waals surface area contributed by atoms with Gasteiger partial charge < -0.3 is 0 Å². The molecule has 0 saturated heterocycles. The van der Waals surface area contributed by atoms with Gasteiger partial charge >= 0.3 is 0 Å². The van der Waals surface area contributed by atoms with Crippen molar-refractivity contribution in [2.45, 2.75) is 51.9 Å². The molecule has 0 atom stereocenters. The number of thiophene rings is 1. The molecular formula is C14H20OS. The Bertz CT molecular complexity index is 380. The average molecular weight is 236 g/mol. The van der Waals surface area contributed by atoms with Crippen molar-refractivity contribution in [2.75, 3.05) is 0 Å². The minimum absolute atomic E-state index is 0.166. The van der Waals surface area contributed by atoms with Crippen LogP contribution in [0.15, 0.2) is 12.1 Å². The Hall–Kier alpha value is -0.630. The van der Waals surface area contributed by atoms with Crippen LogP contribution in [0, 0.1) is 5.92 Å². The van der Waals surface area contributed by atoms with Crippen LogP contribution in [-0.4, -0.2) is 5.78 Å². The van der Waals surface area contributed by atoms with Crippen LogP contribution in [0.4, 0.5) is 0 Å². The lowest BCUT2D eigenvalue weighted by molar-refractivity contribution is 0.0940. The van der Waals surface area contributed by atoms with Crippen LogP contribution >= 0.6 is 11.3 Å². The minimum Gasteiger partial charge on any atom is -0.293 e. The summed E-state index contributed by atoms with van der Waals surface area (Å²) in [6, 6.07) is 4.12. The second-order valence-electron chi connectivity index (χ2n) is 5.84. The summed E-state index contributed by atoms with van der Waals surface area (Å²) in [4.78, 5) is 14.3. The van der Waals surface area contributed by atoms with E-state index in [0.29, 0.717) is 11.7 Å². The molecule has 0 N–H and O–H groups in total. The second-order valence-corrected chi connectivity index (χ2v) is 6.92. The van der Waals surface area contributed by atoms with Gasteiger partial charge in [-0.1, -0.05) is 40.0 Å². The second kappa shape index (κ2) is 4.33. The van der Waals surface area contributed by atoms with Crippen LogP contribution in [0.2, 0.25) is 0 Å². The van der Waals surface area contributed by atoms with Crippen molar-refractivity contribution in [2.24, 2.45) is 5.92 Å². The van der Waals surface area contributed by atoms with Gasteiger partial charge in [-0.25, -0.2) is 0 Å². The molecule has 2 heteroatoms. The fraction of sp³-hybridized carbons (Fsp3) is 0.643. The van der Waals surface area contributed by atoms with Gasteiger partial charge in [0.25, 0.3) is 0 Å². The van der Waals surface area contributed by atoms with Crippen molar-refractivity contribution in [1.29, 1.82) is 0 Å². The molecule has 0 radical (unpaired) electrons. The lowest BCUT2D eigenvalue weighted by atomic mass is 9.82. The van der Waals surface area contributed by atoms with Crippen molar-refractivity contribution in [3.63, 3.8) is 0 Å². The number of hydrogen-bond acceptors (Lipinski definition) is 2. The largest absolute Gasteiger partial charge is 0.293 e. The number of ketones is 1. The maximum Gasteiger partial charge on any atom is 0.173 e. The summed E-state index contributed by atoms with van der Waals surface area (Å²) in [7, 11) is 0. The van der Waals surface area contributed by atoms with E-state index in [2.05, 4.69) is 26.8 Å². The van der Waals surface area contributed by atoms with Gasteiger partial charge in [-0.2, -0.15) is 0 Å². The molecule has 1 aromatic rings. The van der Waals surface area contributed by atoms with Crippen LogP contribution in [-0.2, 0) is 5.41 Å². The Balaban J connectivity index is 2.03. The minimum atomic E-state index is 0.166. The predicted molar refractivity (Wildman–Crippen MR) is 69.3 cm³/mol. The van der Waals surface area contributed by atoms with Crippen molar-refractivity contribution >= 4 is 17.1 Å². The highest BCUT2D eigenvalue weighted by Gasteiger charge is 2.23. The van der Waals surface area contributed by atoms with Gasteiger partial charge in [0.15, 0.2) is 5.78 Å². The van der Waals surface area contributed by atoms with Gasteiger partial charge in [-0.3, -0.25) is 4.79 Å². The molecule has 1 saturated carbocycles. The maximum atomic E-state index is 12.0. The summed E-state index contributed by atoms with van der Waals surface area (Å²) in [5.41, 5.74) is 0.166. The highest BCUT2D eigenvalue weighted by molar-refractivity contribution is 7.14. The standard InChI is InChI=1S/C14H20OS/c1-14(2,3)13-8-7-12(16-13)11(15)9-10-5-4-6-10/h7-8,10H,4-6,9H2,1-3H3. The topological polar surface area (TPSA) is 17.1 Å². The predicted octanol–water partition coefficient (Wildman–Crippen LogP) is 4.42. The van der Waals surface area contributed by atoms with E-state index in [0.717, 1.165) is 11.3 Å². The zero-order valence-corrected chi connectivity index (χ0v) is 11.2. The number of carbonyl (C=O) groups is 1. The number of carbonyl (C=O) groups excluding carboxylic acids is 1. The first-order chi connectivity index (χ1) is 7.47. The van der Waals surface area contributed by atoms with E-state index in [-0.39, 0.29) is 5.41 Å². The lowest BCUT2D eigenvalue weighted by Gasteiger charge is -2.24. The van der Waals surface area contributed by atoms with Crippen molar-refractivity contribution in [3.05, 3.63) is 21.9 Å². The van der Waals surface area contributed by atoms with Crippen LogP contribution in [0.3, 0.4) is 0 Å². The highest BCUT2D eigenvalue weighted by Crippen LogP contribution is 2.33. The first kappa shape index (κ1) is 11.8. The molecule has 0 bridgehead atoms. The third-order valence-electron chi connectivity index (χ3n) is 3.32. The molecule has 1 nitrogen and oxygen atoms in total. The molecule has 0 amide bonds. The molecule has 0 spiro atoms. The molecule has 1 fully saturated rings. The fourth-order valence-corrected chi connectivity index (χ4v) is 2.96. The normalized spacial score (nSPS) is 17.2. The number of Topliss-reactive ketones (excluding diaryl/α,β-unsaturated/α-hetero) is 1. The summed E-state index contributed by atoms with van der Waals surface area (Å²) in [5, 5.41) is 0. The molecule has 1 heterocycles. The van der Waals surface area contributed by atoms with Crippen molar-refractivity contribution < 1.29 is 4.79 Å². The smallest absolute Gasteiger partial charge is 0.173 e. The zero-order chi connectivity index (χ0) is 11.8. The number of rotatable bonds is 3. The first-order valence-corrected chi connectivity index (χ1v) is 6.92. The van der Waals surface area contributed by atoms with Gasteiger partial charge in [0, 0.05) is 11.3 Å². The molecule has 16 heavy (non-hydrogen) atoms. The Morgan fingerprint density at radius 3 is 2.50 bits per heavy atom. The van der Waals surface area contributed by atoms with Crippen molar-refractivity contribution in [1.82, 2.24) is 0 Å².